The Balaban J connectivity index is 1.59. The minimum absolute atomic E-state index is 0.0390. The Morgan fingerprint density at radius 3 is 3.00 bits per heavy atom. The van der Waals surface area contributed by atoms with Crippen molar-refractivity contribution in [2.45, 2.75) is 51.9 Å². The summed E-state index contributed by atoms with van der Waals surface area (Å²) in [6.45, 7) is 3.31. The van der Waals surface area contributed by atoms with Crippen molar-refractivity contribution < 1.29 is 14.3 Å². The molecule has 1 amide bonds. The maximum Gasteiger partial charge on any atom is 0.308 e. The standard InChI is InChI=1S/C19H29N3O3/c1-14(19(24)25-2)11-13-20-17(23)8-4-3-7-16-10-9-15-6-5-12-21-18(15)22-16/h9-10,14H,3-8,11-13H2,1-2H3,(H,20,23)(H,21,22). The fourth-order valence-corrected chi connectivity index (χ4v) is 2.94. The third-order valence-corrected chi connectivity index (χ3v) is 4.54. The summed E-state index contributed by atoms with van der Waals surface area (Å²) in [7, 11) is 1.38. The fraction of sp³-hybridized carbons (Fsp3) is 0.632. The number of hydrogen-bond donors (Lipinski definition) is 2. The molecule has 1 aliphatic heterocycles. The van der Waals surface area contributed by atoms with Crippen molar-refractivity contribution in [2.24, 2.45) is 5.92 Å². The number of aryl methyl sites for hydroxylation is 2. The second-order valence-electron chi connectivity index (χ2n) is 6.61. The maximum atomic E-state index is 11.8. The van der Waals surface area contributed by atoms with Gasteiger partial charge in [-0.3, -0.25) is 9.59 Å². The quantitative estimate of drug-likeness (QED) is 0.530. The highest BCUT2D eigenvalue weighted by atomic mass is 16.5. The summed E-state index contributed by atoms with van der Waals surface area (Å²) in [5.41, 5.74) is 2.39. The van der Waals surface area contributed by atoms with E-state index in [2.05, 4.69) is 32.5 Å². The molecule has 6 nitrogen and oxygen atoms in total. The molecule has 0 fully saturated rings. The van der Waals surface area contributed by atoms with E-state index in [4.69, 9.17) is 0 Å². The molecule has 0 aliphatic carbocycles. The molecule has 1 aromatic rings. The first kappa shape index (κ1) is 19.2. The number of aromatic nitrogens is 1. The van der Waals surface area contributed by atoms with Gasteiger partial charge in [0.2, 0.25) is 5.91 Å². The van der Waals surface area contributed by atoms with Crippen LogP contribution in [-0.2, 0) is 27.2 Å². The fourth-order valence-electron chi connectivity index (χ4n) is 2.94. The van der Waals surface area contributed by atoms with Gasteiger partial charge in [0.15, 0.2) is 0 Å². The second-order valence-corrected chi connectivity index (χ2v) is 6.61. The van der Waals surface area contributed by atoms with Crippen LogP contribution in [-0.4, -0.2) is 37.1 Å². The predicted molar refractivity (Wildman–Crippen MR) is 97.4 cm³/mol. The number of pyridine rings is 1. The number of ether oxygens (including phenoxy) is 1. The summed E-state index contributed by atoms with van der Waals surface area (Å²) in [6, 6.07) is 4.26. The molecule has 0 aromatic carbocycles. The molecule has 0 saturated carbocycles. The molecule has 1 atom stereocenters. The number of nitrogens with one attached hydrogen (secondary N) is 2. The first-order chi connectivity index (χ1) is 12.1. The predicted octanol–water partition coefficient (Wildman–Crippen LogP) is 2.47. The van der Waals surface area contributed by atoms with Gasteiger partial charge in [-0.15, -0.1) is 0 Å². The zero-order chi connectivity index (χ0) is 18.1. The van der Waals surface area contributed by atoms with Gasteiger partial charge in [-0.1, -0.05) is 13.0 Å². The van der Waals surface area contributed by atoms with Crippen LogP contribution in [0.25, 0.3) is 0 Å². The number of fused-ring (bicyclic) bond motifs is 1. The Morgan fingerprint density at radius 2 is 2.20 bits per heavy atom. The van der Waals surface area contributed by atoms with E-state index in [-0.39, 0.29) is 17.8 Å². The Kier molecular flexibility index (Phi) is 7.70. The van der Waals surface area contributed by atoms with E-state index in [0.717, 1.165) is 43.7 Å². The Labute approximate surface area is 149 Å². The van der Waals surface area contributed by atoms with E-state index < -0.39 is 0 Å². The number of carbonyl (C=O) groups excluding carboxylic acids is 2. The summed E-state index contributed by atoms with van der Waals surface area (Å²) in [4.78, 5) is 27.8. The molecule has 1 unspecified atom stereocenters. The van der Waals surface area contributed by atoms with Gasteiger partial charge in [0.05, 0.1) is 13.0 Å². The average Bonchev–Trinajstić information content (AvgIpc) is 2.64. The molecule has 2 rings (SSSR count). The van der Waals surface area contributed by atoms with Crippen LogP contribution in [0.15, 0.2) is 12.1 Å². The lowest BCUT2D eigenvalue weighted by molar-refractivity contribution is -0.145. The van der Waals surface area contributed by atoms with Crippen LogP contribution in [0.3, 0.4) is 0 Å². The normalized spacial score (nSPS) is 14.2. The molecule has 25 heavy (non-hydrogen) atoms. The maximum absolute atomic E-state index is 11.8. The molecular formula is C19H29N3O3. The summed E-state index contributed by atoms with van der Waals surface area (Å²) >= 11 is 0. The van der Waals surface area contributed by atoms with Crippen LogP contribution in [0, 0.1) is 5.92 Å². The van der Waals surface area contributed by atoms with Crippen molar-refractivity contribution in [1.29, 1.82) is 0 Å². The van der Waals surface area contributed by atoms with E-state index >= 15 is 0 Å². The van der Waals surface area contributed by atoms with Crippen LogP contribution in [0.4, 0.5) is 5.82 Å². The van der Waals surface area contributed by atoms with E-state index in [9.17, 15) is 9.59 Å². The van der Waals surface area contributed by atoms with Crippen LogP contribution in [0.1, 0.15) is 50.3 Å². The van der Waals surface area contributed by atoms with Crippen molar-refractivity contribution in [3.63, 3.8) is 0 Å². The SMILES string of the molecule is COC(=O)C(C)CCNC(=O)CCCCc1ccc2c(n1)NCCC2. The van der Waals surface area contributed by atoms with E-state index in [0.29, 0.717) is 19.4 Å². The Morgan fingerprint density at radius 1 is 1.36 bits per heavy atom. The van der Waals surface area contributed by atoms with Gasteiger partial charge in [0.1, 0.15) is 5.82 Å². The summed E-state index contributed by atoms with van der Waals surface area (Å²) < 4.78 is 4.66. The summed E-state index contributed by atoms with van der Waals surface area (Å²) in [5, 5.41) is 6.21. The Hall–Kier alpha value is -2.11. The molecule has 138 valence electrons. The first-order valence-electron chi connectivity index (χ1n) is 9.17. The largest absolute Gasteiger partial charge is 0.469 e. The summed E-state index contributed by atoms with van der Waals surface area (Å²) in [6.07, 6.45) is 6.05. The summed E-state index contributed by atoms with van der Waals surface area (Å²) in [5.74, 6) is 0.647. The van der Waals surface area contributed by atoms with E-state index in [1.165, 1.54) is 19.1 Å². The molecule has 1 aromatic heterocycles. The number of amides is 1. The minimum Gasteiger partial charge on any atom is -0.469 e. The van der Waals surface area contributed by atoms with Crippen LogP contribution < -0.4 is 10.6 Å². The zero-order valence-corrected chi connectivity index (χ0v) is 15.3. The molecule has 0 spiro atoms. The molecule has 0 bridgehead atoms. The molecule has 2 heterocycles. The number of nitrogens with zero attached hydrogens (tertiary/aromatic N) is 1. The number of anilines is 1. The highest BCUT2D eigenvalue weighted by Gasteiger charge is 2.13. The van der Waals surface area contributed by atoms with Gasteiger partial charge in [0.25, 0.3) is 0 Å². The van der Waals surface area contributed by atoms with Gasteiger partial charge in [0, 0.05) is 25.2 Å². The smallest absolute Gasteiger partial charge is 0.308 e. The molecular weight excluding hydrogens is 318 g/mol. The minimum atomic E-state index is -0.235. The number of methoxy groups -OCH3 is 1. The molecule has 1 aliphatic rings. The lowest BCUT2D eigenvalue weighted by Gasteiger charge is -2.17. The highest BCUT2D eigenvalue weighted by Crippen LogP contribution is 2.20. The number of rotatable bonds is 9. The van der Waals surface area contributed by atoms with E-state index in [1.54, 1.807) is 6.92 Å². The topological polar surface area (TPSA) is 80.3 Å². The highest BCUT2D eigenvalue weighted by molar-refractivity contribution is 5.76. The molecule has 0 saturated heterocycles. The number of esters is 1. The first-order valence-corrected chi connectivity index (χ1v) is 9.17. The molecule has 0 radical (unpaired) electrons. The average molecular weight is 347 g/mol. The second kappa shape index (κ2) is 10.0. The van der Waals surface area contributed by atoms with Crippen molar-refractivity contribution in [3.05, 3.63) is 23.4 Å². The van der Waals surface area contributed by atoms with Gasteiger partial charge in [-0.2, -0.15) is 0 Å². The van der Waals surface area contributed by atoms with Gasteiger partial charge in [-0.25, -0.2) is 4.98 Å². The van der Waals surface area contributed by atoms with Crippen molar-refractivity contribution in [2.75, 3.05) is 25.5 Å². The van der Waals surface area contributed by atoms with Crippen molar-refractivity contribution in [1.82, 2.24) is 10.3 Å². The van der Waals surface area contributed by atoms with Gasteiger partial charge in [-0.05, 0) is 50.2 Å². The van der Waals surface area contributed by atoms with Crippen molar-refractivity contribution in [3.8, 4) is 0 Å². The lowest BCUT2D eigenvalue weighted by atomic mass is 10.1. The number of unbranched alkanes of at least 4 members (excludes halogenated alkanes) is 1. The van der Waals surface area contributed by atoms with Crippen LogP contribution >= 0.6 is 0 Å². The lowest BCUT2D eigenvalue weighted by Crippen LogP contribution is -2.27. The molecule has 6 heteroatoms. The van der Waals surface area contributed by atoms with Gasteiger partial charge < -0.3 is 15.4 Å². The van der Waals surface area contributed by atoms with Gasteiger partial charge >= 0.3 is 5.97 Å². The number of hydrogen-bond acceptors (Lipinski definition) is 5. The van der Waals surface area contributed by atoms with Crippen LogP contribution in [0.5, 0.6) is 0 Å². The zero-order valence-electron chi connectivity index (χ0n) is 15.3. The van der Waals surface area contributed by atoms with Crippen LogP contribution in [0.2, 0.25) is 0 Å². The third-order valence-electron chi connectivity index (χ3n) is 4.54. The monoisotopic (exact) mass is 347 g/mol. The number of carbonyl (C=O) groups is 2. The molecule has 2 N–H and O–H groups in total. The third kappa shape index (κ3) is 6.36. The Bertz CT molecular complexity index is 589. The van der Waals surface area contributed by atoms with E-state index in [1.807, 2.05) is 0 Å². The van der Waals surface area contributed by atoms with Crippen molar-refractivity contribution >= 4 is 17.7 Å².